The molecule has 16 heavy (non-hydrogen) atoms. The van der Waals surface area contributed by atoms with Gasteiger partial charge in [-0.2, -0.15) is 0 Å². The van der Waals surface area contributed by atoms with Crippen LogP contribution in [0.5, 0.6) is 0 Å². The summed E-state index contributed by atoms with van der Waals surface area (Å²) in [7, 11) is 0. The van der Waals surface area contributed by atoms with Crippen LogP contribution in [0.25, 0.3) is 11.1 Å². The first kappa shape index (κ1) is 9.61. The summed E-state index contributed by atoms with van der Waals surface area (Å²) in [6, 6.07) is 20.0. The van der Waals surface area contributed by atoms with Crippen LogP contribution in [0.2, 0.25) is 0 Å². The second-order valence-electron chi connectivity index (χ2n) is 4.29. The lowest BCUT2D eigenvalue weighted by atomic mass is 9.94. The Morgan fingerprint density at radius 3 is 2.31 bits per heavy atom. The highest BCUT2D eigenvalue weighted by molar-refractivity contribution is 5.64. The predicted molar refractivity (Wildman–Crippen MR) is 67.2 cm³/mol. The SMILES string of the molecule is c1ccc(-c2cccc([C@H]3CCN3)c2)cc1. The minimum absolute atomic E-state index is 0.573. The van der Waals surface area contributed by atoms with Gasteiger partial charge in [-0.15, -0.1) is 0 Å². The minimum atomic E-state index is 0.573. The van der Waals surface area contributed by atoms with E-state index in [1.54, 1.807) is 0 Å². The van der Waals surface area contributed by atoms with Crippen molar-refractivity contribution in [1.29, 1.82) is 0 Å². The lowest BCUT2D eigenvalue weighted by Gasteiger charge is -2.28. The first-order chi connectivity index (χ1) is 7.93. The third-order valence-electron chi connectivity index (χ3n) is 3.22. The molecule has 0 aromatic heterocycles. The molecule has 1 heterocycles. The Balaban J connectivity index is 1.96. The van der Waals surface area contributed by atoms with E-state index in [1.807, 2.05) is 0 Å². The minimum Gasteiger partial charge on any atom is -0.310 e. The molecule has 2 aromatic carbocycles. The molecule has 0 bridgehead atoms. The Morgan fingerprint density at radius 2 is 1.62 bits per heavy atom. The lowest BCUT2D eigenvalue weighted by Crippen LogP contribution is -2.34. The molecule has 0 saturated carbocycles. The average Bonchev–Trinajstić information content (AvgIpc) is 2.28. The van der Waals surface area contributed by atoms with Crippen molar-refractivity contribution in [3.8, 4) is 11.1 Å². The van der Waals surface area contributed by atoms with E-state index in [9.17, 15) is 0 Å². The molecule has 0 amide bonds. The molecular formula is C15H15N. The standard InChI is InChI=1S/C15H15N/c1-2-5-12(6-3-1)13-7-4-8-14(11-13)15-9-10-16-15/h1-8,11,15-16H,9-10H2/t15-/m1/s1. The average molecular weight is 209 g/mol. The van der Waals surface area contributed by atoms with Crippen LogP contribution in [0.1, 0.15) is 18.0 Å². The van der Waals surface area contributed by atoms with Gasteiger partial charge < -0.3 is 5.32 Å². The second-order valence-corrected chi connectivity index (χ2v) is 4.29. The van der Waals surface area contributed by atoms with Gasteiger partial charge in [-0.3, -0.25) is 0 Å². The van der Waals surface area contributed by atoms with Crippen molar-refractivity contribution in [1.82, 2.24) is 5.32 Å². The van der Waals surface area contributed by atoms with Gasteiger partial charge in [0.25, 0.3) is 0 Å². The fourth-order valence-electron chi connectivity index (χ4n) is 2.14. The molecule has 1 fully saturated rings. The Kier molecular flexibility index (Phi) is 2.47. The quantitative estimate of drug-likeness (QED) is 0.799. The molecule has 1 aliphatic rings. The normalized spacial score (nSPS) is 19.1. The number of nitrogens with one attached hydrogen (secondary N) is 1. The maximum absolute atomic E-state index is 3.44. The molecular weight excluding hydrogens is 194 g/mol. The molecule has 0 unspecified atom stereocenters. The number of hydrogen-bond acceptors (Lipinski definition) is 1. The number of hydrogen-bond donors (Lipinski definition) is 1. The zero-order valence-electron chi connectivity index (χ0n) is 9.19. The molecule has 1 aliphatic heterocycles. The summed E-state index contributed by atoms with van der Waals surface area (Å²) in [5, 5.41) is 3.44. The van der Waals surface area contributed by atoms with Crippen LogP contribution in [0.3, 0.4) is 0 Å². The maximum atomic E-state index is 3.44. The van der Waals surface area contributed by atoms with Crippen LogP contribution in [0.15, 0.2) is 54.6 Å². The maximum Gasteiger partial charge on any atom is 0.0332 e. The summed E-state index contributed by atoms with van der Waals surface area (Å²) in [5.74, 6) is 0. The van der Waals surface area contributed by atoms with Gasteiger partial charge in [-0.05, 0) is 35.7 Å². The zero-order valence-corrected chi connectivity index (χ0v) is 9.19. The largest absolute Gasteiger partial charge is 0.310 e. The predicted octanol–water partition coefficient (Wildman–Crippen LogP) is 3.39. The first-order valence-electron chi connectivity index (χ1n) is 5.82. The monoisotopic (exact) mass is 209 g/mol. The Bertz CT molecular complexity index is 472. The van der Waals surface area contributed by atoms with E-state index in [-0.39, 0.29) is 0 Å². The van der Waals surface area contributed by atoms with Crippen molar-refractivity contribution in [3.63, 3.8) is 0 Å². The van der Waals surface area contributed by atoms with Crippen molar-refractivity contribution in [3.05, 3.63) is 60.2 Å². The van der Waals surface area contributed by atoms with Crippen LogP contribution in [-0.2, 0) is 0 Å². The molecule has 1 saturated heterocycles. The second kappa shape index (κ2) is 4.11. The van der Waals surface area contributed by atoms with Gasteiger partial charge >= 0.3 is 0 Å². The molecule has 0 radical (unpaired) electrons. The van der Waals surface area contributed by atoms with Gasteiger partial charge in [0.15, 0.2) is 0 Å². The molecule has 0 aliphatic carbocycles. The summed E-state index contributed by atoms with van der Waals surface area (Å²) in [6.45, 7) is 1.15. The lowest BCUT2D eigenvalue weighted by molar-refractivity contribution is 0.383. The fraction of sp³-hybridized carbons (Fsp3) is 0.200. The first-order valence-corrected chi connectivity index (χ1v) is 5.82. The van der Waals surface area contributed by atoms with Gasteiger partial charge in [0.05, 0.1) is 0 Å². The molecule has 2 aromatic rings. The van der Waals surface area contributed by atoms with E-state index in [0.29, 0.717) is 6.04 Å². The summed E-state index contributed by atoms with van der Waals surface area (Å²) in [4.78, 5) is 0. The van der Waals surface area contributed by atoms with Crippen molar-refractivity contribution < 1.29 is 0 Å². The molecule has 1 nitrogen and oxygen atoms in total. The summed E-state index contributed by atoms with van der Waals surface area (Å²) < 4.78 is 0. The van der Waals surface area contributed by atoms with Crippen molar-refractivity contribution in [2.75, 3.05) is 6.54 Å². The molecule has 1 heteroatoms. The third-order valence-corrected chi connectivity index (χ3v) is 3.22. The van der Waals surface area contributed by atoms with E-state index in [2.05, 4.69) is 59.9 Å². The topological polar surface area (TPSA) is 12.0 Å². The van der Waals surface area contributed by atoms with Crippen LogP contribution < -0.4 is 5.32 Å². The summed E-state index contributed by atoms with van der Waals surface area (Å²) in [6.07, 6.45) is 1.26. The highest BCUT2D eigenvalue weighted by atomic mass is 15.0. The Labute approximate surface area is 96.1 Å². The van der Waals surface area contributed by atoms with E-state index in [1.165, 1.54) is 23.1 Å². The van der Waals surface area contributed by atoms with Gasteiger partial charge in [0, 0.05) is 6.04 Å². The molecule has 3 rings (SSSR count). The van der Waals surface area contributed by atoms with E-state index in [0.717, 1.165) is 6.54 Å². The van der Waals surface area contributed by atoms with Crippen LogP contribution in [0.4, 0.5) is 0 Å². The van der Waals surface area contributed by atoms with Crippen molar-refractivity contribution in [2.45, 2.75) is 12.5 Å². The van der Waals surface area contributed by atoms with E-state index < -0.39 is 0 Å². The van der Waals surface area contributed by atoms with Crippen molar-refractivity contribution >= 4 is 0 Å². The van der Waals surface area contributed by atoms with Crippen LogP contribution in [-0.4, -0.2) is 6.54 Å². The number of rotatable bonds is 2. The summed E-state index contributed by atoms with van der Waals surface area (Å²) >= 11 is 0. The highest BCUT2D eigenvalue weighted by Crippen LogP contribution is 2.27. The van der Waals surface area contributed by atoms with Gasteiger partial charge in [-0.25, -0.2) is 0 Å². The number of benzene rings is 2. The zero-order chi connectivity index (χ0) is 10.8. The van der Waals surface area contributed by atoms with E-state index in [4.69, 9.17) is 0 Å². The summed E-state index contributed by atoms with van der Waals surface area (Å²) in [5.41, 5.74) is 4.02. The van der Waals surface area contributed by atoms with Gasteiger partial charge in [0.2, 0.25) is 0 Å². The van der Waals surface area contributed by atoms with E-state index >= 15 is 0 Å². The smallest absolute Gasteiger partial charge is 0.0332 e. The van der Waals surface area contributed by atoms with Crippen LogP contribution in [0, 0.1) is 0 Å². The van der Waals surface area contributed by atoms with Gasteiger partial charge in [0.1, 0.15) is 0 Å². The third kappa shape index (κ3) is 1.74. The van der Waals surface area contributed by atoms with Crippen molar-refractivity contribution in [2.24, 2.45) is 0 Å². The Morgan fingerprint density at radius 1 is 0.875 bits per heavy atom. The molecule has 1 atom stereocenters. The molecule has 80 valence electrons. The molecule has 1 N–H and O–H groups in total. The van der Waals surface area contributed by atoms with Crippen LogP contribution >= 0.6 is 0 Å². The molecule has 0 spiro atoms. The Hall–Kier alpha value is -1.60. The fourth-order valence-corrected chi connectivity index (χ4v) is 2.14. The highest BCUT2D eigenvalue weighted by Gasteiger charge is 2.18. The van der Waals surface area contributed by atoms with Gasteiger partial charge in [-0.1, -0.05) is 48.5 Å².